The van der Waals surface area contributed by atoms with Crippen LogP contribution in [0.25, 0.3) is 0 Å². The zero-order chi connectivity index (χ0) is 22.9. The highest BCUT2D eigenvalue weighted by molar-refractivity contribution is 5.87. The Hall–Kier alpha value is -3.02. The molecular formula is C26H32N2O4. The van der Waals surface area contributed by atoms with Gasteiger partial charge in [-0.2, -0.15) is 0 Å². The van der Waals surface area contributed by atoms with Gasteiger partial charge >= 0.3 is 6.09 Å². The Bertz CT molecular complexity index is 1010. The quantitative estimate of drug-likeness (QED) is 0.766. The van der Waals surface area contributed by atoms with Crippen LogP contribution in [0.4, 0.5) is 4.79 Å². The standard InChI is InChI=1S/C26H32N2O4/c1-26(2,3)32-25(30)28-16-19-9-6-5-8-18(19)14-23(28)24(29)27-22-11-7-10-17-12-13-20(31-4)15-21(17)22/h5-6,8-9,12-13,15,22-23H,7,10-11,14,16H2,1-4H3,(H,27,29). The number of hydrogen-bond donors (Lipinski definition) is 1. The van der Waals surface area contributed by atoms with Gasteiger partial charge in [-0.3, -0.25) is 9.69 Å². The molecule has 2 unspecified atom stereocenters. The molecule has 0 bridgehead atoms. The van der Waals surface area contributed by atoms with Crippen molar-refractivity contribution in [3.63, 3.8) is 0 Å². The molecule has 1 aliphatic carbocycles. The van der Waals surface area contributed by atoms with Crippen molar-refractivity contribution in [3.8, 4) is 5.75 Å². The summed E-state index contributed by atoms with van der Waals surface area (Å²) in [6, 6.07) is 13.3. The Morgan fingerprint density at radius 1 is 1.06 bits per heavy atom. The third-order valence-electron chi connectivity index (χ3n) is 6.16. The van der Waals surface area contributed by atoms with Gasteiger partial charge in [0.25, 0.3) is 0 Å². The average Bonchev–Trinajstić information content (AvgIpc) is 2.77. The second kappa shape index (κ2) is 8.85. The third-order valence-corrected chi connectivity index (χ3v) is 6.16. The number of carbonyl (C=O) groups excluding carboxylic acids is 2. The van der Waals surface area contributed by atoms with Gasteiger partial charge in [-0.15, -0.1) is 0 Å². The van der Waals surface area contributed by atoms with Gasteiger partial charge in [-0.1, -0.05) is 30.3 Å². The number of benzene rings is 2. The van der Waals surface area contributed by atoms with Gasteiger partial charge in [0.2, 0.25) is 5.91 Å². The second-order valence-corrected chi connectivity index (χ2v) is 9.62. The molecule has 2 aromatic rings. The maximum atomic E-state index is 13.5. The molecule has 0 spiro atoms. The van der Waals surface area contributed by atoms with Gasteiger partial charge in [0.05, 0.1) is 19.7 Å². The number of methoxy groups -OCH3 is 1. The number of rotatable bonds is 3. The number of ether oxygens (including phenoxy) is 2. The molecule has 0 fully saturated rings. The lowest BCUT2D eigenvalue weighted by Crippen LogP contribution is -2.54. The van der Waals surface area contributed by atoms with Crippen LogP contribution in [0.3, 0.4) is 0 Å². The van der Waals surface area contributed by atoms with E-state index in [0.717, 1.165) is 41.7 Å². The highest BCUT2D eigenvalue weighted by Crippen LogP contribution is 2.33. The Labute approximate surface area is 189 Å². The van der Waals surface area contributed by atoms with E-state index in [-0.39, 0.29) is 11.9 Å². The van der Waals surface area contributed by atoms with Crippen molar-refractivity contribution in [1.29, 1.82) is 0 Å². The lowest BCUT2D eigenvalue weighted by atomic mass is 9.87. The van der Waals surface area contributed by atoms with Crippen molar-refractivity contribution in [3.05, 3.63) is 64.7 Å². The first-order valence-electron chi connectivity index (χ1n) is 11.3. The molecule has 170 valence electrons. The second-order valence-electron chi connectivity index (χ2n) is 9.62. The number of aryl methyl sites for hydroxylation is 1. The van der Waals surface area contributed by atoms with Crippen LogP contribution in [0, 0.1) is 0 Å². The maximum absolute atomic E-state index is 13.5. The van der Waals surface area contributed by atoms with Gasteiger partial charge in [0.1, 0.15) is 17.4 Å². The first-order chi connectivity index (χ1) is 15.2. The van der Waals surface area contributed by atoms with Gasteiger partial charge in [0, 0.05) is 6.42 Å². The van der Waals surface area contributed by atoms with Crippen LogP contribution < -0.4 is 10.1 Å². The summed E-state index contributed by atoms with van der Waals surface area (Å²) in [5, 5.41) is 3.23. The summed E-state index contributed by atoms with van der Waals surface area (Å²) < 4.78 is 11.0. The molecule has 0 saturated carbocycles. The number of nitrogens with one attached hydrogen (secondary N) is 1. The highest BCUT2D eigenvalue weighted by Gasteiger charge is 2.38. The van der Waals surface area contributed by atoms with Crippen molar-refractivity contribution < 1.29 is 19.1 Å². The molecule has 2 aromatic carbocycles. The first kappa shape index (κ1) is 22.2. The molecule has 1 heterocycles. The minimum Gasteiger partial charge on any atom is -0.497 e. The summed E-state index contributed by atoms with van der Waals surface area (Å²) >= 11 is 0. The third kappa shape index (κ3) is 4.74. The molecule has 0 aromatic heterocycles. The molecule has 6 heteroatoms. The molecule has 2 amide bonds. The number of amides is 2. The van der Waals surface area contributed by atoms with Gasteiger partial charge in [-0.25, -0.2) is 4.79 Å². The number of carbonyl (C=O) groups is 2. The summed E-state index contributed by atoms with van der Waals surface area (Å²) in [6.07, 6.45) is 2.87. The molecule has 6 nitrogen and oxygen atoms in total. The maximum Gasteiger partial charge on any atom is 0.411 e. The van der Waals surface area contributed by atoms with E-state index >= 15 is 0 Å². The van der Waals surface area contributed by atoms with Gasteiger partial charge in [-0.05, 0) is 74.4 Å². The molecule has 2 atom stereocenters. The van der Waals surface area contributed by atoms with Gasteiger partial charge in [0.15, 0.2) is 0 Å². The normalized spacial score (nSPS) is 20.1. The topological polar surface area (TPSA) is 67.9 Å². The monoisotopic (exact) mass is 436 g/mol. The van der Waals surface area contributed by atoms with Crippen LogP contribution in [-0.2, 0) is 28.9 Å². The van der Waals surface area contributed by atoms with Crippen molar-refractivity contribution in [2.75, 3.05) is 7.11 Å². The Morgan fingerprint density at radius 2 is 1.81 bits per heavy atom. The Morgan fingerprint density at radius 3 is 2.53 bits per heavy atom. The highest BCUT2D eigenvalue weighted by atomic mass is 16.6. The van der Waals surface area contributed by atoms with E-state index in [1.165, 1.54) is 5.56 Å². The predicted octanol–water partition coefficient (Wildman–Crippen LogP) is 4.55. The van der Waals surface area contributed by atoms with Crippen LogP contribution in [0.15, 0.2) is 42.5 Å². The van der Waals surface area contributed by atoms with Crippen LogP contribution >= 0.6 is 0 Å². The van der Waals surface area contributed by atoms with Crippen molar-refractivity contribution >= 4 is 12.0 Å². The van der Waals surface area contributed by atoms with E-state index in [9.17, 15) is 9.59 Å². The van der Waals surface area contributed by atoms with E-state index < -0.39 is 17.7 Å². The van der Waals surface area contributed by atoms with E-state index in [0.29, 0.717) is 13.0 Å². The summed E-state index contributed by atoms with van der Waals surface area (Å²) in [5.74, 6) is 0.637. The molecule has 1 N–H and O–H groups in total. The fraction of sp³-hybridized carbons (Fsp3) is 0.462. The lowest BCUT2D eigenvalue weighted by molar-refractivity contribution is -0.128. The Balaban J connectivity index is 1.59. The van der Waals surface area contributed by atoms with Crippen LogP contribution in [0.1, 0.15) is 61.9 Å². The average molecular weight is 437 g/mol. The van der Waals surface area contributed by atoms with Crippen molar-refractivity contribution in [2.45, 2.75) is 70.7 Å². The smallest absolute Gasteiger partial charge is 0.411 e. The van der Waals surface area contributed by atoms with E-state index in [4.69, 9.17) is 9.47 Å². The van der Waals surface area contributed by atoms with E-state index in [1.807, 2.05) is 57.2 Å². The molecular weight excluding hydrogens is 404 g/mol. The van der Waals surface area contributed by atoms with Crippen molar-refractivity contribution in [1.82, 2.24) is 10.2 Å². The molecule has 0 saturated heterocycles. The van der Waals surface area contributed by atoms with E-state index in [2.05, 4.69) is 11.4 Å². The molecule has 4 rings (SSSR count). The van der Waals surface area contributed by atoms with Crippen LogP contribution in [0.5, 0.6) is 5.75 Å². The van der Waals surface area contributed by atoms with Gasteiger partial charge < -0.3 is 14.8 Å². The largest absolute Gasteiger partial charge is 0.497 e. The zero-order valence-corrected chi connectivity index (χ0v) is 19.3. The summed E-state index contributed by atoms with van der Waals surface area (Å²) in [7, 11) is 1.65. The fourth-order valence-electron chi connectivity index (χ4n) is 4.59. The zero-order valence-electron chi connectivity index (χ0n) is 19.3. The minimum atomic E-state index is -0.631. The SMILES string of the molecule is COc1ccc2c(c1)C(NC(=O)C1Cc3ccccc3CN1C(=O)OC(C)(C)C)CCC2. The predicted molar refractivity (Wildman–Crippen MR) is 123 cm³/mol. The molecule has 0 radical (unpaired) electrons. The fourth-order valence-corrected chi connectivity index (χ4v) is 4.59. The summed E-state index contributed by atoms with van der Waals surface area (Å²) in [6.45, 7) is 5.87. The number of nitrogens with zero attached hydrogens (tertiary/aromatic N) is 1. The van der Waals surface area contributed by atoms with Crippen LogP contribution in [-0.4, -0.2) is 35.7 Å². The molecule has 1 aliphatic heterocycles. The minimum absolute atomic E-state index is 0.0981. The lowest BCUT2D eigenvalue weighted by Gasteiger charge is -2.38. The Kier molecular flexibility index (Phi) is 6.13. The molecule has 32 heavy (non-hydrogen) atoms. The molecule has 2 aliphatic rings. The summed E-state index contributed by atoms with van der Waals surface area (Å²) in [5.41, 5.74) is 3.85. The van der Waals surface area contributed by atoms with Crippen molar-refractivity contribution in [2.24, 2.45) is 0 Å². The van der Waals surface area contributed by atoms with E-state index in [1.54, 1.807) is 12.0 Å². The first-order valence-corrected chi connectivity index (χ1v) is 11.3. The summed E-state index contributed by atoms with van der Waals surface area (Å²) in [4.78, 5) is 28.1. The van der Waals surface area contributed by atoms with Crippen LogP contribution in [0.2, 0.25) is 0 Å². The number of fused-ring (bicyclic) bond motifs is 2. The number of hydrogen-bond acceptors (Lipinski definition) is 4.